The summed E-state index contributed by atoms with van der Waals surface area (Å²) in [4.78, 5) is 24.2. The molecule has 1 aromatic carbocycles. The summed E-state index contributed by atoms with van der Waals surface area (Å²) in [6.45, 7) is 12.2. The lowest BCUT2D eigenvalue weighted by molar-refractivity contribution is 0.170. The maximum Gasteiger partial charge on any atom is 0.225 e. The first-order chi connectivity index (χ1) is 18.6. The SMILES string of the molecule is C[C@@H]1C[C@H](C)CN(c2ncc(-c3cc(Nc4ncnc(Cl)c4N)c(N4C[C@@H](C)N(C)[C@@H](C)C4)cc3F)cn2)C1. The number of likely N-dealkylation sites (N-methyl/N-ethyl adjacent to an activating group) is 1. The molecule has 0 saturated carbocycles. The van der Waals surface area contributed by atoms with Crippen LogP contribution in [0.3, 0.4) is 0 Å². The van der Waals surface area contributed by atoms with Crippen LogP contribution < -0.4 is 20.9 Å². The molecule has 208 valence electrons. The van der Waals surface area contributed by atoms with E-state index >= 15 is 4.39 Å². The first-order valence-corrected chi connectivity index (χ1v) is 13.9. The number of hydrogen-bond donors (Lipinski definition) is 2. The Morgan fingerprint density at radius 2 is 1.56 bits per heavy atom. The van der Waals surface area contributed by atoms with Gasteiger partial charge >= 0.3 is 0 Å². The average Bonchev–Trinajstić information content (AvgIpc) is 2.90. The van der Waals surface area contributed by atoms with Crippen LogP contribution >= 0.6 is 11.6 Å². The molecule has 3 N–H and O–H groups in total. The molecule has 2 fully saturated rings. The fourth-order valence-electron chi connectivity index (χ4n) is 5.80. The summed E-state index contributed by atoms with van der Waals surface area (Å²) >= 11 is 6.16. The molecule has 0 bridgehead atoms. The highest BCUT2D eigenvalue weighted by Crippen LogP contribution is 2.38. The number of benzene rings is 1. The minimum absolute atomic E-state index is 0.156. The highest BCUT2D eigenvalue weighted by atomic mass is 35.5. The summed E-state index contributed by atoms with van der Waals surface area (Å²) in [7, 11) is 2.12. The third kappa shape index (κ3) is 5.72. The second-order valence-electron chi connectivity index (χ2n) is 11.3. The van der Waals surface area contributed by atoms with Crippen molar-refractivity contribution in [2.75, 3.05) is 54.1 Å². The van der Waals surface area contributed by atoms with Crippen LogP contribution in [0.25, 0.3) is 11.1 Å². The molecule has 0 amide bonds. The zero-order chi connectivity index (χ0) is 27.8. The van der Waals surface area contributed by atoms with Crippen LogP contribution in [0.5, 0.6) is 0 Å². The van der Waals surface area contributed by atoms with Crippen molar-refractivity contribution in [2.24, 2.45) is 11.8 Å². The quantitative estimate of drug-likeness (QED) is 0.420. The summed E-state index contributed by atoms with van der Waals surface area (Å²) in [6, 6.07) is 3.94. The Morgan fingerprint density at radius 1 is 0.923 bits per heavy atom. The second-order valence-corrected chi connectivity index (χ2v) is 11.7. The second kappa shape index (κ2) is 11.1. The number of piperazine rings is 1. The lowest BCUT2D eigenvalue weighted by Gasteiger charge is -2.44. The van der Waals surface area contributed by atoms with E-state index in [1.165, 1.54) is 12.7 Å². The predicted molar refractivity (Wildman–Crippen MR) is 156 cm³/mol. The molecule has 0 unspecified atom stereocenters. The lowest BCUT2D eigenvalue weighted by atomic mass is 9.92. The number of nitrogens with two attached hydrogens (primary N) is 1. The molecule has 4 atom stereocenters. The molecule has 2 saturated heterocycles. The van der Waals surface area contributed by atoms with Gasteiger partial charge in [-0.15, -0.1) is 0 Å². The molecule has 2 aromatic heterocycles. The van der Waals surface area contributed by atoms with Crippen molar-refractivity contribution in [2.45, 2.75) is 46.2 Å². The van der Waals surface area contributed by atoms with Crippen LogP contribution in [0.2, 0.25) is 5.15 Å². The predicted octanol–water partition coefficient (Wildman–Crippen LogP) is 5.06. The lowest BCUT2D eigenvalue weighted by Crippen LogP contribution is -2.55. The summed E-state index contributed by atoms with van der Waals surface area (Å²) in [5.74, 6) is 1.86. The van der Waals surface area contributed by atoms with Gasteiger partial charge in [0.05, 0.1) is 11.4 Å². The van der Waals surface area contributed by atoms with E-state index in [2.05, 4.69) is 74.7 Å². The van der Waals surface area contributed by atoms with E-state index in [1.807, 2.05) is 0 Å². The van der Waals surface area contributed by atoms with Gasteiger partial charge in [-0.2, -0.15) is 0 Å². The molecule has 2 aliphatic rings. The standard InChI is InChI=1S/C28H37ClFN9/c1-16-6-17(2)12-39(11-16)28-32-9-20(10-33-28)21-7-23(36-27-25(31)26(29)34-15-35-27)24(8-22(21)30)38-13-18(3)37(5)19(4)14-38/h7-10,15-19H,6,11-14,31H2,1-5H3,(H,34,35,36)/t16-,17+,18-,19+. The van der Waals surface area contributed by atoms with E-state index in [-0.39, 0.29) is 16.7 Å². The molecule has 39 heavy (non-hydrogen) atoms. The third-order valence-corrected chi connectivity index (χ3v) is 8.28. The molecular weight excluding hydrogens is 517 g/mol. The monoisotopic (exact) mass is 553 g/mol. The summed E-state index contributed by atoms with van der Waals surface area (Å²) in [5, 5.41) is 3.45. The van der Waals surface area contributed by atoms with Gasteiger partial charge in [0.25, 0.3) is 0 Å². The zero-order valence-corrected chi connectivity index (χ0v) is 24.0. The van der Waals surface area contributed by atoms with Gasteiger partial charge in [0.15, 0.2) is 11.0 Å². The van der Waals surface area contributed by atoms with Crippen LogP contribution in [-0.4, -0.2) is 70.1 Å². The number of rotatable bonds is 5. The van der Waals surface area contributed by atoms with Crippen LogP contribution in [0, 0.1) is 17.7 Å². The van der Waals surface area contributed by atoms with Gasteiger partial charge < -0.3 is 20.9 Å². The van der Waals surface area contributed by atoms with E-state index in [0.29, 0.717) is 52.5 Å². The molecule has 0 spiro atoms. The van der Waals surface area contributed by atoms with Crippen molar-refractivity contribution >= 4 is 40.4 Å². The van der Waals surface area contributed by atoms with Gasteiger partial charge in [-0.1, -0.05) is 25.4 Å². The van der Waals surface area contributed by atoms with Crippen molar-refractivity contribution in [1.82, 2.24) is 24.8 Å². The number of nitrogen functional groups attached to an aromatic ring is 1. The Balaban J connectivity index is 1.52. The summed E-state index contributed by atoms with van der Waals surface area (Å²) in [6.07, 6.45) is 5.95. The van der Waals surface area contributed by atoms with Gasteiger partial charge in [0.1, 0.15) is 17.8 Å². The van der Waals surface area contributed by atoms with E-state index in [1.54, 1.807) is 24.5 Å². The molecule has 2 aliphatic heterocycles. The van der Waals surface area contributed by atoms with Crippen LogP contribution in [0.4, 0.5) is 33.2 Å². The minimum Gasteiger partial charge on any atom is -0.393 e. The largest absolute Gasteiger partial charge is 0.393 e. The smallest absolute Gasteiger partial charge is 0.225 e. The number of hydrogen-bond acceptors (Lipinski definition) is 9. The molecule has 3 aromatic rings. The number of nitrogens with one attached hydrogen (secondary N) is 1. The topological polar surface area (TPSA) is 99.3 Å². The molecule has 0 radical (unpaired) electrons. The highest BCUT2D eigenvalue weighted by Gasteiger charge is 2.29. The number of nitrogens with zero attached hydrogens (tertiary/aromatic N) is 7. The minimum atomic E-state index is -0.347. The van der Waals surface area contributed by atoms with Crippen LogP contribution in [0.1, 0.15) is 34.1 Å². The number of halogens is 2. The van der Waals surface area contributed by atoms with Crippen LogP contribution in [0.15, 0.2) is 30.9 Å². The normalized spacial score (nSPS) is 24.2. The Kier molecular flexibility index (Phi) is 7.77. The first kappa shape index (κ1) is 27.3. The van der Waals surface area contributed by atoms with Crippen molar-refractivity contribution in [3.8, 4) is 11.1 Å². The Bertz CT molecular complexity index is 1300. The zero-order valence-electron chi connectivity index (χ0n) is 23.2. The summed E-state index contributed by atoms with van der Waals surface area (Å²) in [5.41, 5.74) is 8.78. The van der Waals surface area contributed by atoms with Crippen molar-refractivity contribution < 1.29 is 4.39 Å². The third-order valence-electron chi connectivity index (χ3n) is 7.98. The van der Waals surface area contributed by atoms with Gasteiger partial charge in [-0.25, -0.2) is 24.3 Å². The van der Waals surface area contributed by atoms with Crippen molar-refractivity contribution in [1.29, 1.82) is 0 Å². The van der Waals surface area contributed by atoms with Gasteiger partial charge in [0.2, 0.25) is 5.95 Å². The van der Waals surface area contributed by atoms with Gasteiger partial charge in [-0.05, 0) is 51.3 Å². The maximum atomic E-state index is 15.8. The number of piperidine rings is 1. The molecular formula is C28H37ClFN9. The molecule has 9 nitrogen and oxygen atoms in total. The van der Waals surface area contributed by atoms with Gasteiger partial charge in [0, 0.05) is 61.8 Å². The number of aromatic nitrogens is 4. The van der Waals surface area contributed by atoms with Crippen LogP contribution in [-0.2, 0) is 0 Å². The fraction of sp³-hybridized carbons (Fsp3) is 0.500. The Morgan fingerprint density at radius 3 is 2.21 bits per heavy atom. The van der Waals surface area contributed by atoms with Crippen molar-refractivity contribution in [3.05, 3.63) is 41.8 Å². The number of anilines is 5. The Hall–Kier alpha value is -3.24. The molecule has 0 aliphatic carbocycles. The molecule has 4 heterocycles. The van der Waals surface area contributed by atoms with E-state index in [9.17, 15) is 0 Å². The van der Waals surface area contributed by atoms with Crippen molar-refractivity contribution in [3.63, 3.8) is 0 Å². The van der Waals surface area contributed by atoms with E-state index < -0.39 is 0 Å². The average molecular weight is 554 g/mol. The van der Waals surface area contributed by atoms with Gasteiger partial charge in [-0.3, -0.25) is 4.90 Å². The molecule has 5 rings (SSSR count). The first-order valence-electron chi connectivity index (χ1n) is 13.5. The summed E-state index contributed by atoms with van der Waals surface area (Å²) < 4.78 is 15.8. The highest BCUT2D eigenvalue weighted by molar-refractivity contribution is 6.32. The fourth-order valence-corrected chi connectivity index (χ4v) is 5.93. The van der Waals surface area contributed by atoms with E-state index in [0.717, 1.165) is 31.9 Å². The van der Waals surface area contributed by atoms with E-state index in [4.69, 9.17) is 17.3 Å². The maximum absolute atomic E-state index is 15.8. The Labute approximate surface area is 234 Å². The molecule has 11 heteroatoms.